The van der Waals surface area contributed by atoms with E-state index in [0.29, 0.717) is 5.70 Å². The van der Waals surface area contributed by atoms with E-state index in [-0.39, 0.29) is 0 Å². The number of nitrogens with one attached hydrogen (secondary N) is 1. The maximum Gasteiger partial charge on any atom is 0.118 e. The van der Waals surface area contributed by atoms with Gasteiger partial charge in [-0.3, -0.25) is 0 Å². The topological polar surface area (TPSA) is 32.3 Å². The number of aliphatic hydroxyl groups excluding tert-OH is 1. The van der Waals surface area contributed by atoms with E-state index in [1.807, 2.05) is 12.1 Å². The maximum atomic E-state index is 10.5. The van der Waals surface area contributed by atoms with E-state index in [1.165, 1.54) is 36.8 Å². The number of benzene rings is 2. The molecule has 0 aliphatic carbocycles. The van der Waals surface area contributed by atoms with Crippen molar-refractivity contribution in [2.75, 3.05) is 5.32 Å². The first-order valence-electron chi connectivity index (χ1n) is 9.45. The van der Waals surface area contributed by atoms with E-state index >= 15 is 0 Å². The Morgan fingerprint density at radius 2 is 1.36 bits per heavy atom. The smallest absolute Gasteiger partial charge is 0.118 e. The lowest BCUT2D eigenvalue weighted by atomic mass is 10.0. The molecule has 2 aromatic carbocycles. The van der Waals surface area contributed by atoms with Gasteiger partial charge in [-0.2, -0.15) is 0 Å². The minimum Gasteiger partial charge on any atom is -0.382 e. The molecule has 2 N–H and O–H groups in total. The summed E-state index contributed by atoms with van der Waals surface area (Å²) < 4.78 is 0. The lowest BCUT2D eigenvalue weighted by Crippen LogP contribution is -2.09. The van der Waals surface area contributed by atoms with Crippen molar-refractivity contribution in [3.63, 3.8) is 0 Å². The van der Waals surface area contributed by atoms with Gasteiger partial charge in [-0.05, 0) is 54.5 Å². The minimum absolute atomic E-state index is 0.600. The standard InChI is InChI=1S/C23H31NO/c1-4-6-8-19-10-14-21(15-11-19)23(25)18(3)24-22-16-12-20(13-17-22)9-7-5-2/h10-17,23-25H,3-9H2,1-2H3. The van der Waals surface area contributed by atoms with Crippen molar-refractivity contribution in [2.24, 2.45) is 0 Å². The zero-order valence-corrected chi connectivity index (χ0v) is 15.6. The molecular formula is C23H31NO. The van der Waals surface area contributed by atoms with Crippen LogP contribution in [-0.2, 0) is 12.8 Å². The molecule has 2 aromatic rings. The molecule has 0 bridgehead atoms. The molecular weight excluding hydrogens is 306 g/mol. The highest BCUT2D eigenvalue weighted by atomic mass is 16.3. The molecule has 0 aliphatic heterocycles. The van der Waals surface area contributed by atoms with Gasteiger partial charge in [-0.15, -0.1) is 0 Å². The van der Waals surface area contributed by atoms with Crippen LogP contribution in [0.5, 0.6) is 0 Å². The molecule has 0 fully saturated rings. The van der Waals surface area contributed by atoms with Crippen molar-refractivity contribution in [3.8, 4) is 0 Å². The molecule has 2 rings (SSSR count). The Balaban J connectivity index is 1.93. The van der Waals surface area contributed by atoms with Crippen LogP contribution in [0, 0.1) is 0 Å². The van der Waals surface area contributed by atoms with Crippen molar-refractivity contribution >= 4 is 5.69 Å². The van der Waals surface area contributed by atoms with Crippen LogP contribution in [-0.4, -0.2) is 5.11 Å². The Morgan fingerprint density at radius 1 is 0.880 bits per heavy atom. The predicted molar refractivity (Wildman–Crippen MR) is 108 cm³/mol. The molecule has 0 saturated heterocycles. The van der Waals surface area contributed by atoms with Crippen LogP contribution in [0.15, 0.2) is 60.8 Å². The van der Waals surface area contributed by atoms with E-state index in [0.717, 1.165) is 24.1 Å². The second-order valence-corrected chi connectivity index (χ2v) is 6.70. The molecule has 1 atom stereocenters. The highest BCUT2D eigenvalue weighted by Gasteiger charge is 2.12. The quantitative estimate of drug-likeness (QED) is 0.554. The van der Waals surface area contributed by atoms with Crippen LogP contribution in [0.3, 0.4) is 0 Å². The third kappa shape index (κ3) is 6.06. The number of hydrogen-bond acceptors (Lipinski definition) is 2. The summed E-state index contributed by atoms with van der Waals surface area (Å²) >= 11 is 0. The highest BCUT2D eigenvalue weighted by Crippen LogP contribution is 2.23. The van der Waals surface area contributed by atoms with Gasteiger partial charge >= 0.3 is 0 Å². The van der Waals surface area contributed by atoms with Gasteiger partial charge in [0.25, 0.3) is 0 Å². The number of anilines is 1. The number of hydrogen-bond donors (Lipinski definition) is 2. The molecule has 0 heterocycles. The minimum atomic E-state index is -0.708. The average Bonchev–Trinajstić information content (AvgIpc) is 2.65. The van der Waals surface area contributed by atoms with E-state index in [2.05, 4.69) is 62.1 Å². The van der Waals surface area contributed by atoms with Crippen LogP contribution < -0.4 is 5.32 Å². The molecule has 2 nitrogen and oxygen atoms in total. The zero-order chi connectivity index (χ0) is 18.1. The fourth-order valence-electron chi connectivity index (χ4n) is 2.84. The maximum absolute atomic E-state index is 10.5. The van der Waals surface area contributed by atoms with Gasteiger partial charge in [0, 0.05) is 11.4 Å². The largest absolute Gasteiger partial charge is 0.382 e. The summed E-state index contributed by atoms with van der Waals surface area (Å²) in [6, 6.07) is 16.6. The molecule has 0 radical (unpaired) electrons. The van der Waals surface area contributed by atoms with Crippen LogP contribution in [0.25, 0.3) is 0 Å². The monoisotopic (exact) mass is 337 g/mol. The van der Waals surface area contributed by atoms with Gasteiger partial charge in [0.15, 0.2) is 0 Å². The average molecular weight is 338 g/mol. The summed E-state index contributed by atoms with van der Waals surface area (Å²) in [5, 5.41) is 13.8. The second-order valence-electron chi connectivity index (χ2n) is 6.70. The van der Waals surface area contributed by atoms with Crippen molar-refractivity contribution in [1.82, 2.24) is 0 Å². The van der Waals surface area contributed by atoms with Gasteiger partial charge in [0.05, 0.1) is 0 Å². The Bertz CT molecular complexity index is 643. The van der Waals surface area contributed by atoms with Gasteiger partial charge < -0.3 is 10.4 Å². The van der Waals surface area contributed by atoms with Crippen LogP contribution in [0.1, 0.15) is 62.3 Å². The third-order valence-corrected chi connectivity index (χ3v) is 4.52. The Labute approximate surface area is 152 Å². The first-order valence-corrected chi connectivity index (χ1v) is 9.45. The normalized spacial score (nSPS) is 12.0. The second kappa shape index (κ2) is 10.0. The van der Waals surface area contributed by atoms with Crippen molar-refractivity contribution in [3.05, 3.63) is 77.5 Å². The molecule has 0 amide bonds. The predicted octanol–water partition coefficient (Wildman–Crippen LogP) is 6.03. The summed E-state index contributed by atoms with van der Waals surface area (Å²) in [5.41, 5.74) is 5.10. The van der Waals surface area contributed by atoms with E-state index in [4.69, 9.17) is 0 Å². The van der Waals surface area contributed by atoms with Crippen LogP contribution in [0.4, 0.5) is 5.69 Å². The van der Waals surface area contributed by atoms with E-state index in [9.17, 15) is 5.11 Å². The van der Waals surface area contributed by atoms with Crippen molar-refractivity contribution < 1.29 is 5.11 Å². The van der Waals surface area contributed by atoms with Crippen molar-refractivity contribution in [1.29, 1.82) is 0 Å². The highest BCUT2D eigenvalue weighted by molar-refractivity contribution is 5.50. The first-order chi connectivity index (χ1) is 12.1. The number of aliphatic hydroxyl groups is 1. The van der Waals surface area contributed by atoms with Gasteiger partial charge in [0.1, 0.15) is 6.10 Å². The molecule has 0 aromatic heterocycles. The van der Waals surface area contributed by atoms with Crippen LogP contribution >= 0.6 is 0 Å². The summed E-state index contributed by atoms with van der Waals surface area (Å²) in [4.78, 5) is 0. The fourth-order valence-corrected chi connectivity index (χ4v) is 2.84. The molecule has 134 valence electrons. The van der Waals surface area contributed by atoms with Gasteiger partial charge in [-0.1, -0.05) is 69.7 Å². The fraction of sp³-hybridized carbons (Fsp3) is 0.391. The first kappa shape index (κ1) is 19.3. The SMILES string of the molecule is C=C(Nc1ccc(CCCC)cc1)C(O)c1ccc(CCCC)cc1. The number of unbranched alkanes of at least 4 members (excludes halogenated alkanes) is 2. The summed E-state index contributed by atoms with van der Waals surface area (Å²) in [7, 11) is 0. The molecule has 1 unspecified atom stereocenters. The Morgan fingerprint density at radius 3 is 1.84 bits per heavy atom. The van der Waals surface area contributed by atoms with Crippen molar-refractivity contribution in [2.45, 2.75) is 58.5 Å². The molecule has 0 saturated carbocycles. The van der Waals surface area contributed by atoms with Gasteiger partial charge in [0.2, 0.25) is 0 Å². The lowest BCUT2D eigenvalue weighted by Gasteiger charge is -2.17. The summed E-state index contributed by atoms with van der Waals surface area (Å²) in [6.45, 7) is 8.41. The zero-order valence-electron chi connectivity index (χ0n) is 15.6. The molecule has 25 heavy (non-hydrogen) atoms. The molecule has 2 heteroatoms. The lowest BCUT2D eigenvalue weighted by molar-refractivity contribution is 0.217. The van der Waals surface area contributed by atoms with Crippen LogP contribution in [0.2, 0.25) is 0 Å². The summed E-state index contributed by atoms with van der Waals surface area (Å²) in [6.07, 6.45) is 6.32. The Kier molecular flexibility index (Phi) is 7.75. The number of rotatable bonds is 10. The van der Waals surface area contributed by atoms with Gasteiger partial charge in [-0.25, -0.2) is 0 Å². The molecule has 0 spiro atoms. The summed E-state index contributed by atoms with van der Waals surface area (Å²) in [5.74, 6) is 0. The van der Waals surface area contributed by atoms with E-state index < -0.39 is 6.10 Å². The third-order valence-electron chi connectivity index (χ3n) is 4.52. The molecule has 0 aliphatic rings. The number of aryl methyl sites for hydroxylation is 2. The van der Waals surface area contributed by atoms with E-state index in [1.54, 1.807) is 0 Å². The Hall–Kier alpha value is -2.06.